The molecule has 0 spiro atoms. The third kappa shape index (κ3) is 3.10. The van der Waals surface area contributed by atoms with Crippen LogP contribution in [-0.2, 0) is 6.61 Å². The topological polar surface area (TPSA) is 80.7 Å². The molecular weight excluding hydrogens is 360 g/mol. The zero-order valence-electron chi connectivity index (χ0n) is 12.0. The molecule has 3 rings (SSSR count). The Kier molecular flexibility index (Phi) is 4.50. The van der Waals surface area contributed by atoms with Crippen LogP contribution in [0.25, 0.3) is 10.2 Å². The molecule has 3 N–H and O–H groups in total. The van der Waals surface area contributed by atoms with Gasteiger partial charge < -0.3 is 15.7 Å². The third-order valence-corrected chi connectivity index (χ3v) is 4.41. The van der Waals surface area contributed by atoms with E-state index in [9.17, 15) is 8.78 Å². The summed E-state index contributed by atoms with van der Waals surface area (Å²) in [5.74, 6) is -2.90. The van der Waals surface area contributed by atoms with E-state index >= 15 is 0 Å². The second-order valence-corrected chi connectivity index (χ2v) is 6.28. The second-order valence-electron chi connectivity index (χ2n) is 4.73. The van der Waals surface area contributed by atoms with Crippen molar-refractivity contribution >= 4 is 39.0 Å². The van der Waals surface area contributed by atoms with E-state index in [1.54, 1.807) is 12.1 Å². The summed E-state index contributed by atoms with van der Waals surface area (Å²) >= 11 is 7.27. The maximum atomic E-state index is 14.3. The molecule has 0 unspecified atom stereocenters. The van der Waals surface area contributed by atoms with E-state index in [1.165, 1.54) is 11.3 Å². The Bertz CT molecular complexity index is 946. The van der Waals surface area contributed by atoms with E-state index in [0.29, 0.717) is 15.5 Å². The van der Waals surface area contributed by atoms with Crippen LogP contribution in [0, 0.1) is 11.6 Å². The number of rotatable bonds is 4. The molecule has 0 fully saturated rings. The minimum atomic E-state index is -1.05. The molecule has 124 valence electrons. The van der Waals surface area contributed by atoms with E-state index in [-0.39, 0.29) is 12.4 Å². The Hall–Kier alpha value is -2.45. The van der Waals surface area contributed by atoms with Crippen molar-refractivity contribution in [2.75, 3.05) is 0 Å². The van der Waals surface area contributed by atoms with Gasteiger partial charge in [0.15, 0.2) is 17.4 Å². The number of hydrogen-bond acceptors (Lipinski definition) is 5. The predicted octanol–water partition coefficient (Wildman–Crippen LogP) is 3.90. The summed E-state index contributed by atoms with van der Waals surface area (Å²) in [6, 6.07) is 7.39. The molecule has 0 aliphatic heterocycles. The van der Waals surface area contributed by atoms with Crippen LogP contribution in [0.4, 0.5) is 8.78 Å². The van der Waals surface area contributed by atoms with Gasteiger partial charge in [0.05, 0.1) is 15.8 Å². The second kappa shape index (κ2) is 6.58. The van der Waals surface area contributed by atoms with Crippen LogP contribution in [0.15, 0.2) is 35.5 Å². The smallest absolute Gasteiger partial charge is 0.179 e. The molecule has 9 heteroatoms. The van der Waals surface area contributed by atoms with Gasteiger partial charge in [-0.3, -0.25) is 0 Å². The molecule has 0 saturated carbocycles. The van der Waals surface area contributed by atoms with Gasteiger partial charge in [0, 0.05) is 5.02 Å². The number of nitrogens with two attached hydrogens (primary N) is 1. The number of amidine groups is 1. The zero-order chi connectivity index (χ0) is 17.3. The summed E-state index contributed by atoms with van der Waals surface area (Å²) in [4.78, 5) is 4.33. The first-order chi connectivity index (χ1) is 11.5. The summed E-state index contributed by atoms with van der Waals surface area (Å²) in [7, 11) is 0. The number of fused-ring (bicyclic) bond motifs is 1. The van der Waals surface area contributed by atoms with Crippen molar-refractivity contribution in [1.82, 2.24) is 4.98 Å². The summed E-state index contributed by atoms with van der Waals surface area (Å²) in [6.45, 7) is -0.0187. The van der Waals surface area contributed by atoms with Gasteiger partial charge in [-0.05, 0) is 30.3 Å². The first-order valence-electron chi connectivity index (χ1n) is 6.63. The van der Waals surface area contributed by atoms with Crippen LogP contribution < -0.4 is 10.5 Å². The van der Waals surface area contributed by atoms with Gasteiger partial charge in [-0.25, -0.2) is 13.8 Å². The number of thiazole rings is 1. The Morgan fingerprint density at radius 1 is 1.33 bits per heavy atom. The molecule has 1 aromatic heterocycles. The highest BCUT2D eigenvalue weighted by Crippen LogP contribution is 2.27. The van der Waals surface area contributed by atoms with Crippen LogP contribution in [0.5, 0.6) is 5.75 Å². The molecule has 0 aliphatic rings. The van der Waals surface area contributed by atoms with Gasteiger partial charge >= 0.3 is 0 Å². The van der Waals surface area contributed by atoms with Crippen molar-refractivity contribution in [2.24, 2.45) is 10.9 Å². The molecule has 24 heavy (non-hydrogen) atoms. The highest BCUT2D eigenvalue weighted by Gasteiger charge is 2.19. The lowest BCUT2D eigenvalue weighted by Crippen LogP contribution is -2.18. The highest BCUT2D eigenvalue weighted by molar-refractivity contribution is 7.18. The van der Waals surface area contributed by atoms with Gasteiger partial charge in [0.1, 0.15) is 17.4 Å². The van der Waals surface area contributed by atoms with Crippen molar-refractivity contribution in [3.8, 4) is 5.75 Å². The molecule has 0 amide bonds. The van der Waals surface area contributed by atoms with Crippen molar-refractivity contribution < 1.29 is 18.7 Å². The number of oxime groups is 1. The molecule has 0 atom stereocenters. The number of halogens is 3. The van der Waals surface area contributed by atoms with E-state index < -0.39 is 23.0 Å². The van der Waals surface area contributed by atoms with Crippen LogP contribution in [0.3, 0.4) is 0 Å². The quantitative estimate of drug-likeness (QED) is 0.316. The molecule has 0 bridgehead atoms. The lowest BCUT2D eigenvalue weighted by atomic mass is 10.1. The van der Waals surface area contributed by atoms with E-state index in [2.05, 4.69) is 10.1 Å². The van der Waals surface area contributed by atoms with Crippen LogP contribution in [0.1, 0.15) is 10.6 Å². The Morgan fingerprint density at radius 2 is 2.12 bits per heavy atom. The number of ether oxygens (including phenoxy) is 1. The normalized spacial score (nSPS) is 11.9. The molecule has 0 radical (unpaired) electrons. The maximum Gasteiger partial charge on any atom is 0.179 e. The lowest BCUT2D eigenvalue weighted by molar-refractivity contribution is 0.288. The molecule has 0 saturated heterocycles. The van der Waals surface area contributed by atoms with Gasteiger partial charge in [-0.1, -0.05) is 16.8 Å². The predicted molar refractivity (Wildman–Crippen MR) is 87.8 cm³/mol. The molecule has 5 nitrogen and oxygen atoms in total. The fraction of sp³-hybridized carbons (Fsp3) is 0.0667. The van der Waals surface area contributed by atoms with E-state index in [1.807, 2.05) is 6.07 Å². The summed E-state index contributed by atoms with van der Waals surface area (Å²) in [5.41, 5.74) is 5.34. The summed E-state index contributed by atoms with van der Waals surface area (Å²) in [6.07, 6.45) is 0. The van der Waals surface area contributed by atoms with Crippen LogP contribution in [0.2, 0.25) is 5.02 Å². The molecular formula is C15H10ClF2N3O2S. The monoisotopic (exact) mass is 369 g/mol. The highest BCUT2D eigenvalue weighted by atomic mass is 35.5. The van der Waals surface area contributed by atoms with Crippen molar-refractivity contribution in [3.63, 3.8) is 0 Å². The standard InChI is InChI=1S/C15H10ClF2N3O2S/c16-7-1-4-11-9(5-7)20-12(24-11)6-23-10-3-2-8(17)13(14(10)18)15(19)21-22/h1-5,22H,6H2,(H2,19,21). The number of aromatic nitrogens is 1. The number of benzene rings is 2. The van der Waals surface area contributed by atoms with Crippen molar-refractivity contribution in [1.29, 1.82) is 0 Å². The molecule has 0 aliphatic carbocycles. The molecule has 3 aromatic rings. The summed E-state index contributed by atoms with van der Waals surface area (Å²) < 4.78 is 34.1. The summed E-state index contributed by atoms with van der Waals surface area (Å²) in [5, 5.41) is 12.4. The van der Waals surface area contributed by atoms with Crippen LogP contribution in [-0.4, -0.2) is 16.0 Å². The first kappa shape index (κ1) is 16.4. The Balaban J connectivity index is 1.86. The molecule has 2 aromatic carbocycles. The van der Waals surface area contributed by atoms with Gasteiger partial charge in [-0.15, -0.1) is 11.3 Å². The largest absolute Gasteiger partial charge is 0.483 e. The third-order valence-electron chi connectivity index (χ3n) is 3.16. The SMILES string of the molecule is NC(=NO)c1c(F)ccc(OCc2nc3cc(Cl)ccc3s2)c1F. The maximum absolute atomic E-state index is 14.3. The van der Waals surface area contributed by atoms with Crippen molar-refractivity contribution in [2.45, 2.75) is 6.61 Å². The van der Waals surface area contributed by atoms with E-state index in [4.69, 9.17) is 27.3 Å². The minimum Gasteiger partial charge on any atom is -0.483 e. The minimum absolute atomic E-state index is 0.0187. The average Bonchev–Trinajstić information content (AvgIpc) is 2.95. The fourth-order valence-corrected chi connectivity index (χ4v) is 3.11. The number of nitrogens with zero attached hydrogens (tertiary/aromatic N) is 2. The van der Waals surface area contributed by atoms with E-state index in [0.717, 1.165) is 16.8 Å². The van der Waals surface area contributed by atoms with Gasteiger partial charge in [0.25, 0.3) is 0 Å². The Labute approximate surface area is 143 Å². The fourth-order valence-electron chi connectivity index (χ4n) is 2.08. The molecule has 1 heterocycles. The Morgan fingerprint density at radius 3 is 2.88 bits per heavy atom. The zero-order valence-corrected chi connectivity index (χ0v) is 13.5. The lowest BCUT2D eigenvalue weighted by Gasteiger charge is -2.09. The van der Waals surface area contributed by atoms with Gasteiger partial charge in [0.2, 0.25) is 0 Å². The van der Waals surface area contributed by atoms with Gasteiger partial charge in [-0.2, -0.15) is 0 Å². The first-order valence-corrected chi connectivity index (χ1v) is 7.82. The van der Waals surface area contributed by atoms with Crippen molar-refractivity contribution in [3.05, 3.63) is 57.6 Å². The number of hydrogen-bond donors (Lipinski definition) is 2. The average molecular weight is 370 g/mol. The van der Waals surface area contributed by atoms with Crippen LogP contribution >= 0.6 is 22.9 Å².